The second kappa shape index (κ2) is 6.89. The van der Waals surface area contributed by atoms with Crippen LogP contribution in [0.25, 0.3) is 17.0 Å². The number of imidazole rings is 1. The first-order valence-electron chi connectivity index (χ1n) is 8.90. The third kappa shape index (κ3) is 2.94. The molecule has 0 amide bonds. The molecule has 1 N–H and O–H groups in total. The number of hydrogen-bond acceptors (Lipinski definition) is 8. The van der Waals surface area contributed by atoms with Gasteiger partial charge in [-0.3, -0.25) is 9.55 Å². The standard InChI is InChI=1S/C19H14FN7O2/c20-12-3-1-2-11-13(5-7-29-17(11)12)24-18-15(26-28)8-22-19(25-18)27-10-23-14-4-6-21-9-16(14)27/h1-4,6,8-10,13H,5,7H2,(H,22,24,25)/t13-/m1/s1. The molecule has 0 saturated carbocycles. The van der Waals surface area contributed by atoms with Crippen molar-refractivity contribution in [1.29, 1.82) is 0 Å². The minimum Gasteiger partial charge on any atom is -0.490 e. The van der Waals surface area contributed by atoms with E-state index in [9.17, 15) is 9.30 Å². The van der Waals surface area contributed by atoms with Crippen molar-refractivity contribution < 1.29 is 9.13 Å². The van der Waals surface area contributed by atoms with Crippen molar-refractivity contribution in [1.82, 2.24) is 24.5 Å². The normalized spacial score (nSPS) is 15.6. The Morgan fingerprint density at radius 2 is 2.17 bits per heavy atom. The molecule has 10 heteroatoms. The molecular weight excluding hydrogens is 377 g/mol. The zero-order valence-electron chi connectivity index (χ0n) is 15.0. The number of nitroso groups, excluding NO2 is 1. The summed E-state index contributed by atoms with van der Waals surface area (Å²) in [7, 11) is 0. The van der Waals surface area contributed by atoms with Crippen LogP contribution < -0.4 is 10.1 Å². The Morgan fingerprint density at radius 3 is 3.07 bits per heavy atom. The third-order valence-electron chi connectivity index (χ3n) is 4.76. The molecule has 4 aromatic rings. The SMILES string of the molecule is O=Nc1cnc(-n2cnc3ccncc32)nc1N[C@@H]1CCOc2c(F)cccc21. The molecular formula is C19H14FN7O2. The summed E-state index contributed by atoms with van der Waals surface area (Å²) in [5.74, 6) is 0.334. The van der Waals surface area contributed by atoms with E-state index in [1.54, 1.807) is 41.5 Å². The van der Waals surface area contributed by atoms with E-state index in [0.29, 0.717) is 24.5 Å². The summed E-state index contributed by atoms with van der Waals surface area (Å²) in [5, 5.41) is 6.21. The maximum absolute atomic E-state index is 14.1. The minimum atomic E-state index is -0.427. The molecule has 0 fully saturated rings. The first-order chi connectivity index (χ1) is 14.2. The fourth-order valence-corrected chi connectivity index (χ4v) is 3.37. The first kappa shape index (κ1) is 17.2. The average Bonchev–Trinajstić information content (AvgIpc) is 3.19. The average molecular weight is 391 g/mol. The number of nitrogens with one attached hydrogen (secondary N) is 1. The minimum absolute atomic E-state index is 0.0562. The van der Waals surface area contributed by atoms with Gasteiger partial charge in [-0.2, -0.15) is 4.98 Å². The number of aromatic nitrogens is 5. The number of fused-ring (bicyclic) bond motifs is 2. The van der Waals surface area contributed by atoms with Gasteiger partial charge in [-0.15, -0.1) is 4.91 Å². The van der Waals surface area contributed by atoms with E-state index in [1.165, 1.54) is 12.3 Å². The largest absolute Gasteiger partial charge is 0.490 e. The van der Waals surface area contributed by atoms with Crippen LogP contribution in [0.5, 0.6) is 5.75 Å². The molecule has 0 aliphatic carbocycles. The van der Waals surface area contributed by atoms with Gasteiger partial charge in [-0.05, 0) is 17.3 Å². The number of pyridine rings is 1. The van der Waals surface area contributed by atoms with Crippen LogP contribution in [0.4, 0.5) is 15.9 Å². The monoisotopic (exact) mass is 391 g/mol. The van der Waals surface area contributed by atoms with Gasteiger partial charge in [0.05, 0.1) is 36.1 Å². The summed E-state index contributed by atoms with van der Waals surface area (Å²) in [6.45, 7) is 0.339. The fourth-order valence-electron chi connectivity index (χ4n) is 3.37. The molecule has 5 rings (SSSR count). The lowest BCUT2D eigenvalue weighted by Crippen LogP contribution is -2.22. The van der Waals surface area contributed by atoms with Crippen molar-refractivity contribution in [2.75, 3.05) is 11.9 Å². The van der Waals surface area contributed by atoms with Gasteiger partial charge in [0.1, 0.15) is 6.33 Å². The smallest absolute Gasteiger partial charge is 0.237 e. The fraction of sp³-hybridized carbons (Fsp3) is 0.158. The molecule has 1 atom stereocenters. The quantitative estimate of drug-likeness (QED) is 0.529. The van der Waals surface area contributed by atoms with Crippen molar-refractivity contribution in [3.63, 3.8) is 0 Å². The number of nitrogens with zero attached hydrogens (tertiary/aromatic N) is 6. The van der Waals surface area contributed by atoms with Crippen LogP contribution in [0.1, 0.15) is 18.0 Å². The van der Waals surface area contributed by atoms with Gasteiger partial charge >= 0.3 is 0 Å². The molecule has 1 aromatic carbocycles. The number of rotatable bonds is 4. The molecule has 4 heterocycles. The van der Waals surface area contributed by atoms with E-state index in [-0.39, 0.29) is 23.3 Å². The predicted molar refractivity (Wildman–Crippen MR) is 103 cm³/mol. The highest BCUT2D eigenvalue weighted by molar-refractivity contribution is 5.75. The third-order valence-corrected chi connectivity index (χ3v) is 4.76. The van der Waals surface area contributed by atoms with E-state index in [0.717, 1.165) is 11.0 Å². The summed E-state index contributed by atoms with van der Waals surface area (Å²) < 4.78 is 21.2. The molecule has 29 heavy (non-hydrogen) atoms. The highest BCUT2D eigenvalue weighted by atomic mass is 19.1. The number of anilines is 1. The van der Waals surface area contributed by atoms with E-state index in [4.69, 9.17) is 4.74 Å². The second-order valence-electron chi connectivity index (χ2n) is 6.47. The van der Waals surface area contributed by atoms with Crippen LogP contribution >= 0.6 is 0 Å². The molecule has 9 nitrogen and oxygen atoms in total. The summed E-state index contributed by atoms with van der Waals surface area (Å²) in [6.07, 6.45) is 6.80. The number of ether oxygens (including phenoxy) is 1. The molecule has 1 aliphatic rings. The van der Waals surface area contributed by atoms with Crippen LogP contribution in [0.15, 0.2) is 54.4 Å². The van der Waals surface area contributed by atoms with Gasteiger partial charge in [-0.25, -0.2) is 14.4 Å². The van der Waals surface area contributed by atoms with Crippen LogP contribution in [-0.4, -0.2) is 31.1 Å². The number of benzene rings is 1. The molecule has 0 saturated heterocycles. The van der Waals surface area contributed by atoms with Gasteiger partial charge in [0, 0.05) is 18.2 Å². The van der Waals surface area contributed by atoms with Crippen molar-refractivity contribution in [3.8, 4) is 11.7 Å². The Hall–Kier alpha value is -3.95. The van der Waals surface area contributed by atoms with Crippen LogP contribution in [0.2, 0.25) is 0 Å². The van der Waals surface area contributed by atoms with Crippen molar-refractivity contribution in [3.05, 3.63) is 65.5 Å². The molecule has 1 aliphatic heterocycles. The van der Waals surface area contributed by atoms with Gasteiger partial charge in [0.25, 0.3) is 0 Å². The van der Waals surface area contributed by atoms with Crippen LogP contribution in [0.3, 0.4) is 0 Å². The van der Waals surface area contributed by atoms with Gasteiger partial charge < -0.3 is 10.1 Å². The molecule has 3 aromatic heterocycles. The Bertz CT molecular complexity index is 1230. The molecule has 0 radical (unpaired) electrons. The lowest BCUT2D eigenvalue weighted by atomic mass is 10.0. The molecule has 0 bridgehead atoms. The summed E-state index contributed by atoms with van der Waals surface area (Å²) in [4.78, 5) is 28.4. The van der Waals surface area contributed by atoms with Crippen molar-refractivity contribution in [2.24, 2.45) is 5.18 Å². The Kier molecular flexibility index (Phi) is 4.08. The van der Waals surface area contributed by atoms with Gasteiger partial charge in [0.2, 0.25) is 5.95 Å². The van der Waals surface area contributed by atoms with E-state index < -0.39 is 5.82 Å². The molecule has 0 unspecified atom stereocenters. The zero-order valence-corrected chi connectivity index (χ0v) is 15.0. The summed E-state index contributed by atoms with van der Waals surface area (Å²) in [5.41, 5.74) is 2.18. The van der Waals surface area contributed by atoms with Gasteiger partial charge in [-0.1, -0.05) is 12.1 Å². The number of para-hydroxylation sites is 1. The highest BCUT2D eigenvalue weighted by Crippen LogP contribution is 2.37. The number of halogens is 1. The Balaban J connectivity index is 1.55. The van der Waals surface area contributed by atoms with Crippen molar-refractivity contribution >= 4 is 22.5 Å². The first-order valence-corrected chi connectivity index (χ1v) is 8.90. The highest BCUT2D eigenvalue weighted by Gasteiger charge is 2.25. The van der Waals surface area contributed by atoms with E-state index >= 15 is 0 Å². The van der Waals surface area contributed by atoms with E-state index in [1.807, 2.05) is 0 Å². The summed E-state index contributed by atoms with van der Waals surface area (Å²) in [6, 6.07) is 6.23. The predicted octanol–water partition coefficient (Wildman–Crippen LogP) is 3.68. The second-order valence-corrected chi connectivity index (χ2v) is 6.47. The Labute approximate surface area is 163 Å². The van der Waals surface area contributed by atoms with Crippen LogP contribution in [0, 0.1) is 10.7 Å². The van der Waals surface area contributed by atoms with Crippen molar-refractivity contribution in [2.45, 2.75) is 12.5 Å². The van der Waals surface area contributed by atoms with Crippen LogP contribution in [-0.2, 0) is 0 Å². The zero-order chi connectivity index (χ0) is 19.8. The molecule has 144 valence electrons. The summed E-state index contributed by atoms with van der Waals surface area (Å²) >= 11 is 0. The topological polar surface area (TPSA) is 107 Å². The molecule has 0 spiro atoms. The Morgan fingerprint density at radius 1 is 1.24 bits per heavy atom. The van der Waals surface area contributed by atoms with E-state index in [2.05, 4.69) is 30.4 Å². The maximum atomic E-state index is 14.1. The lowest BCUT2D eigenvalue weighted by Gasteiger charge is -2.27. The van der Waals surface area contributed by atoms with Gasteiger partial charge in [0.15, 0.2) is 23.1 Å². The lowest BCUT2D eigenvalue weighted by molar-refractivity contribution is 0.260. The number of hydrogen-bond donors (Lipinski definition) is 1. The maximum Gasteiger partial charge on any atom is 0.237 e.